The monoisotopic (exact) mass is 361 g/mol. The highest BCUT2D eigenvalue weighted by atomic mass is 16.6. The molecule has 8 nitrogen and oxygen atoms in total. The van der Waals surface area contributed by atoms with Crippen molar-refractivity contribution < 1.29 is 14.2 Å². The molecule has 3 heterocycles. The number of anilines is 1. The number of carbonyl (C=O) groups is 1. The van der Waals surface area contributed by atoms with Gasteiger partial charge in [0.25, 0.3) is 5.91 Å². The van der Waals surface area contributed by atoms with Gasteiger partial charge < -0.3 is 9.64 Å². The summed E-state index contributed by atoms with van der Waals surface area (Å²) in [5, 5.41) is 12.1. The molecule has 0 unspecified atom stereocenters. The van der Waals surface area contributed by atoms with Gasteiger partial charge in [-0.25, -0.2) is 4.63 Å². The Morgan fingerprint density at radius 1 is 1.00 bits per heavy atom. The fraction of sp³-hybridized carbons (Fsp3) is 0.158. The van der Waals surface area contributed by atoms with E-state index in [0.29, 0.717) is 36.4 Å². The minimum absolute atomic E-state index is 0.101. The molecule has 0 saturated heterocycles. The van der Waals surface area contributed by atoms with Crippen molar-refractivity contribution in [3.8, 4) is 5.75 Å². The van der Waals surface area contributed by atoms with Crippen molar-refractivity contribution in [2.24, 2.45) is 0 Å². The first-order valence-corrected chi connectivity index (χ1v) is 8.57. The molecule has 0 N–H and O–H groups in total. The van der Waals surface area contributed by atoms with Gasteiger partial charge in [-0.05, 0) is 46.7 Å². The number of hydrogen-bond donors (Lipinski definition) is 0. The van der Waals surface area contributed by atoms with Crippen LogP contribution in [0.5, 0.6) is 5.75 Å². The van der Waals surface area contributed by atoms with Gasteiger partial charge in [-0.3, -0.25) is 9.48 Å². The van der Waals surface area contributed by atoms with E-state index in [1.165, 1.54) is 0 Å². The predicted octanol–water partition coefficient (Wildman–Crippen LogP) is 2.66. The molecule has 0 spiro atoms. The van der Waals surface area contributed by atoms with E-state index in [1.54, 1.807) is 27.8 Å². The second-order valence-corrected chi connectivity index (χ2v) is 6.24. The maximum Gasteiger partial charge on any atom is 0.276 e. The molecule has 1 aliphatic rings. The third kappa shape index (κ3) is 2.80. The maximum absolute atomic E-state index is 12.9. The Hall–Kier alpha value is -3.68. The number of para-hydroxylation sites is 1. The second-order valence-electron chi connectivity index (χ2n) is 6.24. The highest BCUT2D eigenvalue weighted by molar-refractivity contribution is 6.06. The minimum atomic E-state index is -0.101. The molecule has 0 saturated carbocycles. The van der Waals surface area contributed by atoms with E-state index in [0.717, 1.165) is 17.1 Å². The summed E-state index contributed by atoms with van der Waals surface area (Å²) >= 11 is 0. The fourth-order valence-corrected chi connectivity index (χ4v) is 3.18. The van der Waals surface area contributed by atoms with E-state index in [4.69, 9.17) is 9.37 Å². The molecule has 0 radical (unpaired) electrons. The fourth-order valence-electron chi connectivity index (χ4n) is 3.18. The SMILES string of the molecule is O=C1c2cc(COc3ccccc3)nn2CCN1c1ccc2nonc2c1. The van der Waals surface area contributed by atoms with Gasteiger partial charge in [-0.2, -0.15) is 5.10 Å². The molecular weight excluding hydrogens is 346 g/mol. The van der Waals surface area contributed by atoms with Gasteiger partial charge in [-0.15, -0.1) is 0 Å². The van der Waals surface area contributed by atoms with Crippen LogP contribution in [0.4, 0.5) is 5.69 Å². The number of fused-ring (bicyclic) bond motifs is 2. The molecule has 0 aliphatic carbocycles. The van der Waals surface area contributed by atoms with E-state index in [-0.39, 0.29) is 5.91 Å². The molecule has 8 heteroatoms. The summed E-state index contributed by atoms with van der Waals surface area (Å²) in [6.07, 6.45) is 0. The van der Waals surface area contributed by atoms with Crippen LogP contribution < -0.4 is 9.64 Å². The Bertz CT molecular complexity index is 1120. The van der Waals surface area contributed by atoms with Gasteiger partial charge in [0.2, 0.25) is 0 Å². The third-order valence-electron chi connectivity index (χ3n) is 4.51. The first-order valence-electron chi connectivity index (χ1n) is 8.57. The summed E-state index contributed by atoms with van der Waals surface area (Å²) < 4.78 is 12.2. The topological polar surface area (TPSA) is 86.3 Å². The molecule has 0 fully saturated rings. The molecule has 1 amide bonds. The van der Waals surface area contributed by atoms with E-state index in [2.05, 4.69) is 15.4 Å². The van der Waals surface area contributed by atoms with Crippen LogP contribution in [-0.4, -0.2) is 32.5 Å². The Morgan fingerprint density at radius 2 is 1.85 bits per heavy atom. The summed E-state index contributed by atoms with van der Waals surface area (Å²) in [6.45, 7) is 1.46. The van der Waals surface area contributed by atoms with Crippen molar-refractivity contribution in [2.45, 2.75) is 13.2 Å². The molecule has 2 aromatic carbocycles. The van der Waals surface area contributed by atoms with E-state index in [1.807, 2.05) is 36.4 Å². The third-order valence-corrected chi connectivity index (χ3v) is 4.51. The number of ether oxygens (including phenoxy) is 1. The quantitative estimate of drug-likeness (QED) is 0.555. The number of hydrogen-bond acceptors (Lipinski definition) is 6. The zero-order valence-electron chi connectivity index (χ0n) is 14.3. The lowest BCUT2D eigenvalue weighted by Crippen LogP contribution is -2.40. The zero-order valence-corrected chi connectivity index (χ0v) is 14.3. The van der Waals surface area contributed by atoms with E-state index < -0.39 is 0 Å². The number of carbonyl (C=O) groups excluding carboxylic acids is 1. The Morgan fingerprint density at radius 3 is 2.74 bits per heavy atom. The van der Waals surface area contributed by atoms with E-state index in [9.17, 15) is 4.79 Å². The summed E-state index contributed by atoms with van der Waals surface area (Å²) in [7, 11) is 0. The van der Waals surface area contributed by atoms with Gasteiger partial charge in [-0.1, -0.05) is 18.2 Å². The summed E-state index contributed by atoms with van der Waals surface area (Å²) in [6, 6.07) is 16.8. The lowest BCUT2D eigenvalue weighted by molar-refractivity contribution is 0.0962. The van der Waals surface area contributed by atoms with Crippen molar-refractivity contribution in [1.29, 1.82) is 0 Å². The first kappa shape index (κ1) is 15.6. The van der Waals surface area contributed by atoms with E-state index >= 15 is 0 Å². The van der Waals surface area contributed by atoms with Crippen LogP contribution in [0.15, 0.2) is 59.2 Å². The summed E-state index contributed by atoms with van der Waals surface area (Å²) in [5.74, 6) is 0.668. The van der Waals surface area contributed by atoms with Crippen LogP contribution in [0.25, 0.3) is 11.0 Å². The van der Waals surface area contributed by atoms with Gasteiger partial charge in [0.05, 0.1) is 6.54 Å². The molecular formula is C19H15N5O3. The number of aromatic nitrogens is 4. The summed E-state index contributed by atoms with van der Waals surface area (Å²) in [5.41, 5.74) is 3.31. The molecule has 134 valence electrons. The largest absolute Gasteiger partial charge is 0.487 e. The van der Waals surface area contributed by atoms with Crippen LogP contribution in [0.2, 0.25) is 0 Å². The Kier molecular flexibility index (Phi) is 3.60. The standard InChI is InChI=1S/C19H15N5O3/c25-19-18-10-13(12-26-15-4-2-1-3-5-15)20-24(18)9-8-23(19)14-6-7-16-17(11-14)22-27-21-16/h1-7,10-11H,8-9,12H2. The molecule has 0 atom stereocenters. The van der Waals surface area contributed by atoms with Crippen molar-refractivity contribution in [2.75, 3.05) is 11.4 Å². The minimum Gasteiger partial charge on any atom is -0.487 e. The van der Waals surface area contributed by atoms with Crippen molar-refractivity contribution >= 4 is 22.6 Å². The molecule has 0 bridgehead atoms. The first-order chi connectivity index (χ1) is 13.3. The van der Waals surface area contributed by atoms with Gasteiger partial charge in [0.15, 0.2) is 0 Å². The number of nitrogens with zero attached hydrogens (tertiary/aromatic N) is 5. The average molecular weight is 361 g/mol. The van der Waals surface area contributed by atoms with Crippen molar-refractivity contribution in [3.05, 3.63) is 66.0 Å². The van der Waals surface area contributed by atoms with Crippen LogP contribution in [0, 0.1) is 0 Å². The van der Waals surface area contributed by atoms with Crippen molar-refractivity contribution in [1.82, 2.24) is 20.1 Å². The van der Waals surface area contributed by atoms with Crippen LogP contribution >= 0.6 is 0 Å². The predicted molar refractivity (Wildman–Crippen MR) is 96.5 cm³/mol. The lowest BCUT2D eigenvalue weighted by atomic mass is 10.2. The van der Waals surface area contributed by atoms with Gasteiger partial charge in [0, 0.05) is 12.2 Å². The molecule has 27 heavy (non-hydrogen) atoms. The second kappa shape index (κ2) is 6.24. The Labute approximate surface area is 153 Å². The lowest BCUT2D eigenvalue weighted by Gasteiger charge is -2.27. The smallest absolute Gasteiger partial charge is 0.276 e. The maximum atomic E-state index is 12.9. The highest BCUT2D eigenvalue weighted by Crippen LogP contribution is 2.24. The normalized spacial score (nSPS) is 13.8. The molecule has 1 aliphatic heterocycles. The van der Waals surface area contributed by atoms with Crippen LogP contribution in [0.3, 0.4) is 0 Å². The molecule has 5 rings (SSSR count). The number of amides is 1. The van der Waals surface area contributed by atoms with Crippen LogP contribution in [-0.2, 0) is 13.2 Å². The van der Waals surface area contributed by atoms with Gasteiger partial charge >= 0.3 is 0 Å². The molecule has 4 aromatic rings. The average Bonchev–Trinajstić information content (AvgIpc) is 3.34. The molecule has 2 aromatic heterocycles. The Balaban J connectivity index is 1.37. The van der Waals surface area contributed by atoms with Crippen molar-refractivity contribution in [3.63, 3.8) is 0 Å². The number of rotatable bonds is 4. The summed E-state index contributed by atoms with van der Waals surface area (Å²) in [4.78, 5) is 14.7. The van der Waals surface area contributed by atoms with Gasteiger partial charge in [0.1, 0.15) is 34.8 Å². The highest BCUT2D eigenvalue weighted by Gasteiger charge is 2.28. The van der Waals surface area contributed by atoms with Crippen LogP contribution in [0.1, 0.15) is 16.2 Å². The number of benzene rings is 2. The zero-order chi connectivity index (χ0) is 18.2.